The summed E-state index contributed by atoms with van der Waals surface area (Å²) in [6.45, 7) is 0. The molecule has 3 aromatic heterocycles. The van der Waals surface area contributed by atoms with E-state index in [0.29, 0.717) is 17.1 Å². The first-order chi connectivity index (χ1) is 15.2. The number of nitrogens with one attached hydrogen (secondary N) is 1. The summed E-state index contributed by atoms with van der Waals surface area (Å²) >= 11 is 0. The van der Waals surface area contributed by atoms with Crippen molar-refractivity contribution in [1.29, 1.82) is 0 Å². The molecule has 0 radical (unpaired) electrons. The smallest absolute Gasteiger partial charge is 0.260 e. The summed E-state index contributed by atoms with van der Waals surface area (Å²) in [7, 11) is 0. The second-order valence-electron chi connectivity index (χ2n) is 6.79. The van der Waals surface area contributed by atoms with Gasteiger partial charge >= 0.3 is 0 Å². The Kier molecular flexibility index (Phi) is 4.64. The van der Waals surface area contributed by atoms with E-state index in [4.69, 9.17) is 10.5 Å². The fraction of sp³-hybridized carbons (Fsp3) is 0. The monoisotopic (exact) mass is 412 g/mol. The van der Waals surface area contributed by atoms with Crippen molar-refractivity contribution in [2.24, 2.45) is 0 Å². The van der Waals surface area contributed by atoms with Gasteiger partial charge in [0.2, 0.25) is 11.8 Å². The van der Waals surface area contributed by atoms with Gasteiger partial charge in [-0.05, 0) is 54.6 Å². The van der Waals surface area contributed by atoms with Crippen LogP contribution < -0.4 is 15.8 Å². The van der Waals surface area contributed by atoms with E-state index in [0.717, 1.165) is 22.9 Å². The van der Waals surface area contributed by atoms with Gasteiger partial charge in [-0.2, -0.15) is 9.37 Å². The van der Waals surface area contributed by atoms with Crippen LogP contribution in [0, 0.1) is 5.82 Å². The van der Waals surface area contributed by atoms with E-state index >= 15 is 0 Å². The summed E-state index contributed by atoms with van der Waals surface area (Å²) < 4.78 is 22.0. The lowest BCUT2D eigenvalue weighted by Crippen LogP contribution is -2.01. The first kappa shape index (κ1) is 18.6. The van der Waals surface area contributed by atoms with Crippen LogP contribution in [-0.2, 0) is 0 Å². The van der Waals surface area contributed by atoms with Crippen LogP contribution in [0.4, 0.5) is 21.7 Å². The summed E-state index contributed by atoms with van der Waals surface area (Å²) in [6, 6.07) is 20.2. The van der Waals surface area contributed by atoms with E-state index in [-0.39, 0.29) is 11.8 Å². The van der Waals surface area contributed by atoms with Gasteiger partial charge in [0.15, 0.2) is 0 Å². The van der Waals surface area contributed by atoms with Crippen molar-refractivity contribution in [1.82, 2.24) is 19.5 Å². The van der Waals surface area contributed by atoms with Gasteiger partial charge in [-0.25, -0.2) is 9.97 Å². The zero-order valence-corrected chi connectivity index (χ0v) is 16.2. The maximum absolute atomic E-state index is 14.3. The topological polar surface area (TPSA) is 90.9 Å². The van der Waals surface area contributed by atoms with Crippen LogP contribution in [0.25, 0.3) is 16.7 Å². The number of halogens is 1. The summed E-state index contributed by atoms with van der Waals surface area (Å²) in [5.41, 5.74) is 8.02. The third-order valence-electron chi connectivity index (χ3n) is 4.63. The minimum atomic E-state index is -0.663. The Morgan fingerprint density at radius 2 is 1.90 bits per heavy atom. The number of nitrogens with zero attached hydrogens (tertiary/aromatic N) is 4. The van der Waals surface area contributed by atoms with Gasteiger partial charge in [0.05, 0.1) is 11.7 Å². The van der Waals surface area contributed by atoms with E-state index in [2.05, 4.69) is 20.3 Å². The Hall–Kier alpha value is -4.46. The molecule has 0 saturated carbocycles. The summed E-state index contributed by atoms with van der Waals surface area (Å²) in [5, 5.41) is 3.92. The minimum absolute atomic E-state index is 0.176. The van der Waals surface area contributed by atoms with Crippen molar-refractivity contribution in [2.45, 2.75) is 0 Å². The molecule has 0 fully saturated rings. The Balaban J connectivity index is 1.41. The summed E-state index contributed by atoms with van der Waals surface area (Å²) in [5.74, 6) is 0.627. The number of ether oxygens (including phenoxy) is 1. The molecule has 0 aliphatic rings. The lowest BCUT2D eigenvalue weighted by Gasteiger charge is -2.10. The minimum Gasteiger partial charge on any atom is -0.436 e. The lowest BCUT2D eigenvalue weighted by molar-refractivity contribution is 0.421. The quantitative estimate of drug-likeness (QED) is 0.392. The molecular formula is C23H17FN6O. The molecule has 0 saturated heterocycles. The molecule has 31 heavy (non-hydrogen) atoms. The first-order valence-electron chi connectivity index (χ1n) is 9.51. The van der Waals surface area contributed by atoms with Crippen molar-refractivity contribution in [2.75, 3.05) is 11.1 Å². The molecule has 0 atom stereocenters. The molecule has 5 rings (SSSR count). The van der Waals surface area contributed by atoms with Crippen LogP contribution in [0.3, 0.4) is 0 Å². The van der Waals surface area contributed by atoms with Gasteiger partial charge in [-0.15, -0.1) is 0 Å². The average Bonchev–Trinajstić information content (AvgIpc) is 3.20. The third-order valence-corrected chi connectivity index (χ3v) is 4.63. The number of pyridine rings is 1. The highest BCUT2D eigenvalue weighted by Crippen LogP contribution is 2.28. The Labute approximate surface area is 177 Å². The van der Waals surface area contributed by atoms with Gasteiger partial charge in [-0.3, -0.25) is 0 Å². The van der Waals surface area contributed by atoms with E-state index < -0.39 is 5.82 Å². The van der Waals surface area contributed by atoms with E-state index in [1.165, 1.54) is 0 Å². The highest BCUT2D eigenvalue weighted by atomic mass is 19.1. The van der Waals surface area contributed by atoms with E-state index in [9.17, 15) is 4.39 Å². The average molecular weight is 412 g/mol. The maximum atomic E-state index is 14.3. The molecular weight excluding hydrogens is 395 g/mol. The highest BCUT2D eigenvalue weighted by Gasteiger charge is 2.12. The first-order valence-corrected chi connectivity index (χ1v) is 9.51. The summed E-state index contributed by atoms with van der Waals surface area (Å²) in [6.07, 6.45) is 4.73. The maximum Gasteiger partial charge on any atom is 0.260 e. The molecule has 8 heteroatoms. The van der Waals surface area contributed by atoms with Crippen LogP contribution in [0.15, 0.2) is 85.3 Å². The van der Waals surface area contributed by atoms with Gasteiger partial charge in [0, 0.05) is 29.2 Å². The molecule has 0 unspecified atom stereocenters. The molecule has 0 amide bonds. The second-order valence-corrected chi connectivity index (χ2v) is 6.79. The molecule has 3 heterocycles. The fourth-order valence-corrected chi connectivity index (χ4v) is 3.22. The normalized spacial score (nSPS) is 10.9. The van der Waals surface area contributed by atoms with Crippen LogP contribution in [-0.4, -0.2) is 19.5 Å². The molecule has 3 N–H and O–H groups in total. The third kappa shape index (κ3) is 3.86. The number of hydrogen-bond donors (Lipinski definition) is 2. The Bertz CT molecular complexity index is 1370. The van der Waals surface area contributed by atoms with Crippen LogP contribution in [0.2, 0.25) is 0 Å². The second kappa shape index (κ2) is 7.75. The molecule has 2 aromatic carbocycles. The number of anilines is 3. The van der Waals surface area contributed by atoms with Crippen molar-refractivity contribution in [3.8, 4) is 17.4 Å². The highest BCUT2D eigenvalue weighted by molar-refractivity contribution is 5.83. The molecule has 0 aliphatic heterocycles. The lowest BCUT2D eigenvalue weighted by atomic mass is 10.2. The van der Waals surface area contributed by atoms with Gasteiger partial charge in [0.1, 0.15) is 11.6 Å². The summed E-state index contributed by atoms with van der Waals surface area (Å²) in [4.78, 5) is 12.5. The van der Waals surface area contributed by atoms with Crippen molar-refractivity contribution < 1.29 is 9.13 Å². The molecule has 5 aromatic rings. The molecule has 0 aliphatic carbocycles. The van der Waals surface area contributed by atoms with Gasteiger partial charge < -0.3 is 20.4 Å². The molecule has 7 nitrogen and oxygen atoms in total. The predicted molar refractivity (Wildman–Crippen MR) is 117 cm³/mol. The van der Waals surface area contributed by atoms with Gasteiger partial charge in [-0.1, -0.05) is 12.1 Å². The Morgan fingerprint density at radius 3 is 2.74 bits per heavy atom. The zero-order valence-electron chi connectivity index (χ0n) is 16.2. The van der Waals surface area contributed by atoms with E-state index in [1.807, 2.05) is 53.2 Å². The van der Waals surface area contributed by atoms with Gasteiger partial charge in [0.25, 0.3) is 5.88 Å². The predicted octanol–water partition coefficient (Wildman–Crippen LogP) is 5.07. The number of benzene rings is 2. The standard InChI is InChI=1S/C23H17FN6O/c24-19-14-27-23(28-17-5-3-4-16(25)13-17)29-22(19)31-18-7-8-20-15(12-18)9-11-30(20)21-6-1-2-10-26-21/h1-14H,25H2,(H,27,28,29). The van der Waals surface area contributed by atoms with E-state index in [1.54, 1.807) is 30.5 Å². The van der Waals surface area contributed by atoms with Crippen molar-refractivity contribution >= 4 is 28.2 Å². The number of hydrogen-bond acceptors (Lipinski definition) is 6. The largest absolute Gasteiger partial charge is 0.436 e. The molecule has 0 bridgehead atoms. The fourth-order valence-electron chi connectivity index (χ4n) is 3.22. The van der Waals surface area contributed by atoms with Crippen LogP contribution in [0.5, 0.6) is 11.6 Å². The van der Waals surface area contributed by atoms with Crippen molar-refractivity contribution in [3.63, 3.8) is 0 Å². The number of aromatic nitrogens is 4. The number of rotatable bonds is 5. The SMILES string of the molecule is Nc1cccc(Nc2ncc(F)c(Oc3ccc4c(ccn4-c4ccccn4)c3)n2)c1. The zero-order chi connectivity index (χ0) is 21.2. The van der Waals surface area contributed by atoms with Crippen molar-refractivity contribution in [3.05, 3.63) is 91.1 Å². The van der Waals surface area contributed by atoms with Crippen LogP contribution >= 0.6 is 0 Å². The molecule has 152 valence electrons. The van der Waals surface area contributed by atoms with Crippen LogP contribution in [0.1, 0.15) is 0 Å². The number of fused-ring (bicyclic) bond motifs is 1. The Morgan fingerprint density at radius 1 is 0.968 bits per heavy atom. The molecule has 0 spiro atoms. The number of nitrogen functional groups attached to an aromatic ring is 1. The number of nitrogens with two attached hydrogens (primary N) is 1.